The van der Waals surface area contributed by atoms with E-state index in [0.717, 1.165) is 16.9 Å². The third-order valence-electron chi connectivity index (χ3n) is 5.96. The van der Waals surface area contributed by atoms with E-state index in [0.29, 0.717) is 41.4 Å². The molecule has 0 unspecified atom stereocenters. The molecule has 1 aliphatic heterocycles. The predicted octanol–water partition coefficient (Wildman–Crippen LogP) is 5.18. The number of fused-ring (bicyclic) bond motifs is 1. The summed E-state index contributed by atoms with van der Waals surface area (Å²) in [5.74, 6) is 0.170. The Labute approximate surface area is 200 Å². The molecule has 0 aliphatic carbocycles. The molecule has 172 valence electrons. The zero-order valence-corrected chi connectivity index (χ0v) is 18.5. The normalized spacial score (nSPS) is 12.5. The predicted molar refractivity (Wildman–Crippen MR) is 130 cm³/mol. The quantitative estimate of drug-likeness (QED) is 0.387. The second-order valence-corrected chi connectivity index (χ2v) is 8.16. The summed E-state index contributed by atoms with van der Waals surface area (Å²) in [4.78, 5) is 27.8. The van der Waals surface area contributed by atoms with Gasteiger partial charge in [0.15, 0.2) is 5.76 Å². The molecule has 3 aromatic heterocycles. The van der Waals surface area contributed by atoms with Crippen molar-refractivity contribution in [1.82, 2.24) is 9.78 Å². The van der Waals surface area contributed by atoms with Crippen LogP contribution in [-0.4, -0.2) is 28.1 Å². The van der Waals surface area contributed by atoms with Crippen LogP contribution in [0.4, 0.5) is 11.4 Å². The maximum absolute atomic E-state index is 13.3. The third-order valence-corrected chi connectivity index (χ3v) is 5.96. The van der Waals surface area contributed by atoms with Crippen LogP contribution in [0.3, 0.4) is 0 Å². The molecule has 35 heavy (non-hydrogen) atoms. The molecule has 0 spiro atoms. The van der Waals surface area contributed by atoms with Crippen LogP contribution in [0.15, 0.2) is 100 Å². The van der Waals surface area contributed by atoms with Gasteiger partial charge in [-0.3, -0.25) is 9.59 Å². The van der Waals surface area contributed by atoms with E-state index in [-0.39, 0.29) is 11.8 Å². The highest BCUT2D eigenvalue weighted by atomic mass is 16.3. The largest absolute Gasteiger partial charge is 0.472 e. The monoisotopic (exact) mass is 464 g/mol. The number of carbonyl (C=O) groups excluding carboxylic acids is 2. The van der Waals surface area contributed by atoms with Crippen LogP contribution in [0.2, 0.25) is 0 Å². The minimum absolute atomic E-state index is 0.105. The SMILES string of the molecule is O=C(Nc1ccc2c(c1)CCN2C(=O)c1ccoc1)c1cc(-c2ccco2)nn1-c1ccccc1. The lowest BCUT2D eigenvalue weighted by Crippen LogP contribution is -2.28. The standard InChI is InChI=1S/C27H20N4O4/c32-26(24-16-22(25-7-4-13-35-25)29-31(24)21-5-2-1-3-6-21)28-20-8-9-23-18(15-20)10-12-30(23)27(33)19-11-14-34-17-19/h1-9,11,13-17H,10,12H2,(H,28,32). The van der Waals surface area contributed by atoms with Crippen molar-refractivity contribution in [1.29, 1.82) is 0 Å². The van der Waals surface area contributed by atoms with Crippen molar-refractivity contribution in [3.8, 4) is 17.1 Å². The van der Waals surface area contributed by atoms with Gasteiger partial charge in [-0.1, -0.05) is 18.2 Å². The highest BCUT2D eigenvalue weighted by Gasteiger charge is 2.27. The van der Waals surface area contributed by atoms with Gasteiger partial charge in [-0.2, -0.15) is 5.10 Å². The average Bonchev–Trinajstić information content (AvgIpc) is 3.69. The first-order valence-electron chi connectivity index (χ1n) is 11.1. The molecule has 0 bridgehead atoms. The Morgan fingerprint density at radius 3 is 2.60 bits per heavy atom. The first kappa shape index (κ1) is 20.7. The van der Waals surface area contributed by atoms with Gasteiger partial charge < -0.3 is 19.1 Å². The Balaban J connectivity index is 1.28. The number of furan rings is 2. The summed E-state index contributed by atoms with van der Waals surface area (Å²) in [6.07, 6.45) is 5.21. The summed E-state index contributed by atoms with van der Waals surface area (Å²) in [5, 5.41) is 7.59. The molecule has 0 atom stereocenters. The van der Waals surface area contributed by atoms with Crippen LogP contribution in [0, 0.1) is 0 Å². The van der Waals surface area contributed by atoms with E-state index in [9.17, 15) is 9.59 Å². The Kier molecular flexibility index (Phi) is 5.03. The van der Waals surface area contributed by atoms with Crippen LogP contribution in [0.25, 0.3) is 17.1 Å². The third kappa shape index (κ3) is 3.80. The lowest BCUT2D eigenvalue weighted by atomic mass is 10.1. The number of rotatable bonds is 5. The number of hydrogen-bond acceptors (Lipinski definition) is 5. The summed E-state index contributed by atoms with van der Waals surface area (Å²) in [5.41, 5.74) is 4.68. The maximum atomic E-state index is 13.3. The van der Waals surface area contributed by atoms with Crippen molar-refractivity contribution in [2.75, 3.05) is 16.8 Å². The van der Waals surface area contributed by atoms with E-state index in [1.807, 2.05) is 42.5 Å². The molecule has 2 aromatic carbocycles. The first-order chi connectivity index (χ1) is 17.2. The number of aromatic nitrogens is 2. The number of nitrogens with one attached hydrogen (secondary N) is 1. The van der Waals surface area contributed by atoms with Gasteiger partial charge in [0.2, 0.25) is 0 Å². The number of carbonyl (C=O) groups is 2. The molecule has 1 aliphatic rings. The molecule has 0 saturated heterocycles. The van der Waals surface area contributed by atoms with Crippen molar-refractivity contribution >= 4 is 23.2 Å². The second-order valence-electron chi connectivity index (χ2n) is 8.16. The number of amides is 2. The van der Waals surface area contributed by atoms with Gasteiger partial charge in [-0.15, -0.1) is 0 Å². The van der Waals surface area contributed by atoms with Crippen molar-refractivity contribution < 1.29 is 18.4 Å². The van der Waals surface area contributed by atoms with Crippen LogP contribution >= 0.6 is 0 Å². The molecule has 1 N–H and O–H groups in total. The van der Waals surface area contributed by atoms with E-state index in [1.165, 1.54) is 12.5 Å². The number of hydrogen-bond donors (Lipinski definition) is 1. The highest BCUT2D eigenvalue weighted by Crippen LogP contribution is 2.32. The van der Waals surface area contributed by atoms with Gasteiger partial charge in [0.05, 0.1) is 23.8 Å². The molecular formula is C27H20N4O4. The number of para-hydroxylation sites is 1. The van der Waals surface area contributed by atoms with E-state index in [1.54, 1.807) is 46.2 Å². The van der Waals surface area contributed by atoms with Gasteiger partial charge >= 0.3 is 0 Å². The summed E-state index contributed by atoms with van der Waals surface area (Å²) in [6.45, 7) is 0.573. The fourth-order valence-corrected chi connectivity index (χ4v) is 4.28. The summed E-state index contributed by atoms with van der Waals surface area (Å²) in [7, 11) is 0. The smallest absolute Gasteiger partial charge is 0.274 e. The van der Waals surface area contributed by atoms with Crippen LogP contribution < -0.4 is 10.2 Å². The number of benzene rings is 2. The van der Waals surface area contributed by atoms with Gasteiger partial charge in [-0.25, -0.2) is 4.68 Å². The Bertz CT molecular complexity index is 1500. The molecule has 8 heteroatoms. The fraction of sp³-hybridized carbons (Fsp3) is 0.0741. The van der Waals surface area contributed by atoms with Gasteiger partial charge in [0.25, 0.3) is 11.8 Å². The lowest BCUT2D eigenvalue weighted by molar-refractivity contribution is 0.0986. The highest BCUT2D eigenvalue weighted by molar-refractivity contribution is 6.08. The second kappa shape index (κ2) is 8.49. The van der Waals surface area contributed by atoms with Crippen molar-refractivity contribution in [3.63, 3.8) is 0 Å². The van der Waals surface area contributed by atoms with E-state index < -0.39 is 0 Å². The van der Waals surface area contributed by atoms with Gasteiger partial charge in [0, 0.05) is 24.0 Å². The zero-order valence-electron chi connectivity index (χ0n) is 18.5. The summed E-state index contributed by atoms with van der Waals surface area (Å²) in [6, 6.07) is 22.0. The molecule has 0 fully saturated rings. The summed E-state index contributed by atoms with van der Waals surface area (Å²) >= 11 is 0. The van der Waals surface area contributed by atoms with Crippen LogP contribution in [0.5, 0.6) is 0 Å². The first-order valence-corrected chi connectivity index (χ1v) is 11.1. The average molecular weight is 464 g/mol. The van der Waals surface area contributed by atoms with Crippen molar-refractivity contribution in [3.05, 3.63) is 108 Å². The van der Waals surface area contributed by atoms with Crippen molar-refractivity contribution in [2.24, 2.45) is 0 Å². The molecule has 8 nitrogen and oxygen atoms in total. The zero-order chi connectivity index (χ0) is 23.8. The molecular weight excluding hydrogens is 444 g/mol. The van der Waals surface area contributed by atoms with Gasteiger partial charge in [0.1, 0.15) is 17.7 Å². The topological polar surface area (TPSA) is 93.5 Å². The Morgan fingerprint density at radius 1 is 0.943 bits per heavy atom. The van der Waals surface area contributed by atoms with E-state index in [2.05, 4.69) is 10.4 Å². The molecule has 0 radical (unpaired) electrons. The Morgan fingerprint density at radius 2 is 1.83 bits per heavy atom. The minimum Gasteiger partial charge on any atom is -0.472 e. The van der Waals surface area contributed by atoms with Gasteiger partial charge in [-0.05, 0) is 60.5 Å². The Hall–Kier alpha value is -4.85. The van der Waals surface area contributed by atoms with Crippen LogP contribution in [0.1, 0.15) is 26.4 Å². The molecule has 6 rings (SSSR count). The number of nitrogens with zero attached hydrogens (tertiary/aromatic N) is 3. The lowest BCUT2D eigenvalue weighted by Gasteiger charge is -2.16. The number of anilines is 2. The van der Waals surface area contributed by atoms with E-state index in [4.69, 9.17) is 8.83 Å². The molecule has 2 amide bonds. The molecule has 5 aromatic rings. The maximum Gasteiger partial charge on any atom is 0.274 e. The van der Waals surface area contributed by atoms with Crippen LogP contribution in [-0.2, 0) is 6.42 Å². The van der Waals surface area contributed by atoms with Crippen molar-refractivity contribution in [2.45, 2.75) is 6.42 Å². The molecule has 4 heterocycles. The van der Waals surface area contributed by atoms with E-state index >= 15 is 0 Å². The minimum atomic E-state index is -0.302. The molecule has 0 saturated carbocycles. The summed E-state index contributed by atoms with van der Waals surface area (Å²) < 4.78 is 12.1. The fourth-order valence-electron chi connectivity index (χ4n) is 4.28.